The second-order valence-corrected chi connectivity index (χ2v) is 6.78. The van der Waals surface area contributed by atoms with Gasteiger partial charge in [-0.2, -0.15) is 0 Å². The molecular formula is C22H25N5O2. The summed E-state index contributed by atoms with van der Waals surface area (Å²) in [5.41, 5.74) is 3.72. The van der Waals surface area contributed by atoms with Crippen molar-refractivity contribution in [3.05, 3.63) is 76.1 Å². The maximum atomic E-state index is 11.7. The maximum Gasteiger partial charge on any atom is 0.353 e. The summed E-state index contributed by atoms with van der Waals surface area (Å²) in [5.74, 6) is 0.301. The molecule has 29 heavy (non-hydrogen) atoms. The predicted octanol–water partition coefficient (Wildman–Crippen LogP) is 5.78. The van der Waals surface area contributed by atoms with Gasteiger partial charge in [-0.25, -0.2) is 9.97 Å². The van der Waals surface area contributed by atoms with Gasteiger partial charge in [0.05, 0.1) is 4.92 Å². The number of unbranched alkanes of at least 4 members (excludes halogenated alkanes) is 1. The van der Waals surface area contributed by atoms with Gasteiger partial charge in [-0.3, -0.25) is 10.1 Å². The first-order valence-electron chi connectivity index (χ1n) is 9.82. The number of nitrogens with zero attached hydrogens (tertiary/aromatic N) is 3. The van der Waals surface area contributed by atoms with Gasteiger partial charge in [0.15, 0.2) is 0 Å². The van der Waals surface area contributed by atoms with Crippen LogP contribution in [0.1, 0.15) is 37.8 Å². The van der Waals surface area contributed by atoms with Crippen molar-refractivity contribution in [2.24, 2.45) is 0 Å². The lowest BCUT2D eigenvalue weighted by Crippen LogP contribution is -2.05. The van der Waals surface area contributed by atoms with Crippen LogP contribution in [0.4, 0.5) is 28.7 Å². The van der Waals surface area contributed by atoms with Crippen molar-refractivity contribution >= 4 is 28.7 Å². The maximum absolute atomic E-state index is 11.7. The number of rotatable bonds is 9. The van der Waals surface area contributed by atoms with Crippen molar-refractivity contribution in [3.8, 4) is 0 Å². The molecule has 0 aliphatic rings. The summed E-state index contributed by atoms with van der Waals surface area (Å²) in [4.78, 5) is 19.4. The molecule has 0 aliphatic heterocycles. The Labute approximate surface area is 170 Å². The van der Waals surface area contributed by atoms with Crippen molar-refractivity contribution in [1.29, 1.82) is 0 Å². The van der Waals surface area contributed by atoms with Crippen LogP contribution in [0.25, 0.3) is 0 Å². The third-order valence-corrected chi connectivity index (χ3v) is 4.67. The summed E-state index contributed by atoms with van der Waals surface area (Å²) in [6.07, 6.45) is 5.55. The van der Waals surface area contributed by atoms with E-state index in [4.69, 9.17) is 0 Å². The van der Waals surface area contributed by atoms with E-state index in [1.807, 2.05) is 48.5 Å². The van der Waals surface area contributed by atoms with Gasteiger partial charge in [0.25, 0.3) is 0 Å². The molecule has 0 saturated heterocycles. The van der Waals surface area contributed by atoms with Gasteiger partial charge in [-0.05, 0) is 54.7 Å². The molecule has 0 unspecified atom stereocenters. The Hall–Kier alpha value is -3.48. The summed E-state index contributed by atoms with van der Waals surface area (Å²) < 4.78 is 0. The van der Waals surface area contributed by atoms with E-state index in [0.717, 1.165) is 37.1 Å². The SMILES string of the molecule is CCCCc1ccc(Nc2ncnc(Nc3ccc(CC)cc3)c2[N+](=O)[O-])cc1. The number of aromatic nitrogens is 2. The van der Waals surface area contributed by atoms with E-state index in [9.17, 15) is 10.1 Å². The van der Waals surface area contributed by atoms with Crippen LogP contribution in [0.5, 0.6) is 0 Å². The van der Waals surface area contributed by atoms with E-state index in [2.05, 4.69) is 34.4 Å². The number of hydrogen-bond donors (Lipinski definition) is 2. The third-order valence-electron chi connectivity index (χ3n) is 4.67. The van der Waals surface area contributed by atoms with Crippen LogP contribution in [-0.4, -0.2) is 14.9 Å². The predicted molar refractivity (Wildman–Crippen MR) is 116 cm³/mol. The minimum absolute atomic E-state index is 0.149. The van der Waals surface area contributed by atoms with Crippen molar-refractivity contribution in [1.82, 2.24) is 9.97 Å². The molecule has 0 fully saturated rings. The van der Waals surface area contributed by atoms with E-state index in [1.165, 1.54) is 17.5 Å². The zero-order chi connectivity index (χ0) is 20.6. The minimum Gasteiger partial charge on any atom is -0.334 e. The quantitative estimate of drug-likeness (QED) is 0.355. The fourth-order valence-corrected chi connectivity index (χ4v) is 2.97. The molecule has 0 bridgehead atoms. The van der Waals surface area contributed by atoms with Crippen LogP contribution in [-0.2, 0) is 12.8 Å². The Morgan fingerprint density at radius 2 is 1.38 bits per heavy atom. The van der Waals surface area contributed by atoms with Gasteiger partial charge in [0.2, 0.25) is 11.6 Å². The van der Waals surface area contributed by atoms with Gasteiger partial charge < -0.3 is 10.6 Å². The Kier molecular flexibility index (Phi) is 6.73. The molecule has 1 aromatic heterocycles. The molecule has 7 heteroatoms. The highest BCUT2D eigenvalue weighted by molar-refractivity contribution is 5.76. The van der Waals surface area contributed by atoms with Crippen molar-refractivity contribution in [2.75, 3.05) is 10.6 Å². The molecule has 7 nitrogen and oxygen atoms in total. The summed E-state index contributed by atoms with van der Waals surface area (Å²) in [7, 11) is 0. The minimum atomic E-state index is -0.472. The van der Waals surface area contributed by atoms with Gasteiger partial charge >= 0.3 is 5.69 Å². The van der Waals surface area contributed by atoms with Gasteiger partial charge in [-0.1, -0.05) is 44.5 Å². The summed E-state index contributed by atoms with van der Waals surface area (Å²) in [6.45, 7) is 4.24. The average Bonchev–Trinajstić information content (AvgIpc) is 2.74. The Balaban J connectivity index is 1.83. The lowest BCUT2D eigenvalue weighted by molar-refractivity contribution is -0.383. The molecule has 3 aromatic rings. The smallest absolute Gasteiger partial charge is 0.334 e. The van der Waals surface area contributed by atoms with Crippen LogP contribution in [0, 0.1) is 10.1 Å². The van der Waals surface area contributed by atoms with Gasteiger partial charge in [-0.15, -0.1) is 0 Å². The van der Waals surface area contributed by atoms with Crippen molar-refractivity contribution in [2.45, 2.75) is 39.5 Å². The largest absolute Gasteiger partial charge is 0.353 e. The zero-order valence-corrected chi connectivity index (χ0v) is 16.7. The van der Waals surface area contributed by atoms with Crippen LogP contribution in [0.3, 0.4) is 0 Å². The van der Waals surface area contributed by atoms with E-state index >= 15 is 0 Å². The van der Waals surface area contributed by atoms with E-state index in [-0.39, 0.29) is 17.3 Å². The second-order valence-electron chi connectivity index (χ2n) is 6.78. The van der Waals surface area contributed by atoms with Crippen LogP contribution >= 0.6 is 0 Å². The van der Waals surface area contributed by atoms with Gasteiger partial charge in [0, 0.05) is 11.4 Å². The van der Waals surface area contributed by atoms with E-state index in [1.54, 1.807) is 0 Å². The van der Waals surface area contributed by atoms with Crippen LogP contribution in [0.2, 0.25) is 0 Å². The highest BCUT2D eigenvalue weighted by Crippen LogP contribution is 2.33. The van der Waals surface area contributed by atoms with E-state index in [0.29, 0.717) is 0 Å². The summed E-state index contributed by atoms with van der Waals surface area (Å²) in [5, 5.41) is 17.8. The summed E-state index contributed by atoms with van der Waals surface area (Å²) >= 11 is 0. The number of hydrogen-bond acceptors (Lipinski definition) is 6. The first-order valence-corrected chi connectivity index (χ1v) is 9.82. The lowest BCUT2D eigenvalue weighted by Gasteiger charge is -2.11. The fraction of sp³-hybridized carbons (Fsp3) is 0.273. The highest BCUT2D eigenvalue weighted by atomic mass is 16.6. The topological polar surface area (TPSA) is 93.0 Å². The van der Waals surface area contributed by atoms with Crippen LogP contribution < -0.4 is 10.6 Å². The lowest BCUT2D eigenvalue weighted by atomic mass is 10.1. The Morgan fingerprint density at radius 3 is 1.83 bits per heavy atom. The first-order chi connectivity index (χ1) is 14.1. The van der Waals surface area contributed by atoms with Crippen molar-refractivity contribution < 1.29 is 4.92 Å². The third kappa shape index (κ3) is 5.28. The Bertz CT molecular complexity index is 956. The van der Waals surface area contributed by atoms with Crippen molar-refractivity contribution in [3.63, 3.8) is 0 Å². The monoisotopic (exact) mass is 391 g/mol. The number of nitro groups is 1. The second kappa shape index (κ2) is 9.64. The highest BCUT2D eigenvalue weighted by Gasteiger charge is 2.23. The number of aryl methyl sites for hydroxylation is 2. The molecule has 0 spiro atoms. The normalized spacial score (nSPS) is 10.6. The van der Waals surface area contributed by atoms with E-state index < -0.39 is 4.92 Å². The molecule has 0 saturated carbocycles. The molecule has 0 atom stereocenters. The first kappa shape index (κ1) is 20.3. The number of nitrogens with one attached hydrogen (secondary N) is 2. The van der Waals surface area contributed by atoms with Gasteiger partial charge in [0.1, 0.15) is 6.33 Å². The molecule has 0 aliphatic carbocycles. The fourth-order valence-electron chi connectivity index (χ4n) is 2.97. The Morgan fingerprint density at radius 1 is 0.862 bits per heavy atom. The average molecular weight is 391 g/mol. The molecule has 0 amide bonds. The zero-order valence-electron chi connectivity index (χ0n) is 16.7. The molecule has 2 N–H and O–H groups in total. The molecule has 2 aromatic carbocycles. The number of benzene rings is 2. The van der Waals surface area contributed by atoms with Crippen LogP contribution in [0.15, 0.2) is 54.9 Å². The number of anilines is 4. The molecule has 1 heterocycles. The molecular weight excluding hydrogens is 366 g/mol. The standard InChI is InChI=1S/C22H25N5O2/c1-3-5-6-17-9-13-19(14-10-17)26-22-20(27(28)29)21(23-15-24-22)25-18-11-7-16(4-2)8-12-18/h7-15H,3-6H2,1-2H3,(H2,23,24,25,26). The molecule has 3 rings (SSSR count). The summed E-state index contributed by atoms with van der Waals surface area (Å²) in [6, 6.07) is 15.6. The molecule has 0 radical (unpaired) electrons. The molecule has 150 valence electrons.